The lowest BCUT2D eigenvalue weighted by Gasteiger charge is -2.36. The van der Waals surface area contributed by atoms with Gasteiger partial charge in [0.25, 0.3) is 0 Å². The molecule has 2 aliphatic rings. The summed E-state index contributed by atoms with van der Waals surface area (Å²) in [5.41, 5.74) is 1.02. The van der Waals surface area contributed by atoms with E-state index in [9.17, 15) is 9.59 Å². The van der Waals surface area contributed by atoms with E-state index in [0.717, 1.165) is 31.2 Å². The summed E-state index contributed by atoms with van der Waals surface area (Å²) < 4.78 is 11.1. The molecule has 27 heavy (non-hydrogen) atoms. The summed E-state index contributed by atoms with van der Waals surface area (Å²) in [7, 11) is 1.62. The predicted octanol–water partition coefficient (Wildman–Crippen LogP) is 2.89. The van der Waals surface area contributed by atoms with Crippen LogP contribution < -0.4 is 14.8 Å². The number of nitrogens with zero attached hydrogens (tertiary/aromatic N) is 1. The number of amides is 2. The molecule has 1 saturated heterocycles. The molecule has 1 atom stereocenters. The zero-order chi connectivity index (χ0) is 19.2. The minimum absolute atomic E-state index is 0.0278. The summed E-state index contributed by atoms with van der Waals surface area (Å²) in [6, 6.07) is 6.09. The second-order valence-corrected chi connectivity index (χ2v) is 7.38. The van der Waals surface area contributed by atoms with Crippen LogP contribution in [0.4, 0.5) is 0 Å². The van der Waals surface area contributed by atoms with Gasteiger partial charge < -0.3 is 19.7 Å². The Hall–Kier alpha value is -2.24. The maximum absolute atomic E-state index is 13.2. The van der Waals surface area contributed by atoms with Crippen LogP contribution in [0.25, 0.3) is 0 Å². The first-order chi connectivity index (χ1) is 13.1. The van der Waals surface area contributed by atoms with Crippen molar-refractivity contribution in [2.24, 2.45) is 5.92 Å². The van der Waals surface area contributed by atoms with E-state index >= 15 is 0 Å². The standard InChI is InChI=1S/C21H30N2O4/c1-3-27-19-11-15(9-10-18(19)26-2)14-23(17-7-5-4-6-8-17)21(25)16-12-20(24)22-13-16/h9-11,16-17H,3-8,12-14H2,1-2H3,(H,22,24). The van der Waals surface area contributed by atoms with Gasteiger partial charge in [-0.05, 0) is 37.5 Å². The third-order valence-electron chi connectivity index (χ3n) is 5.51. The molecule has 1 N–H and O–H groups in total. The molecule has 1 aromatic carbocycles. The highest BCUT2D eigenvalue weighted by Crippen LogP contribution is 2.31. The van der Waals surface area contributed by atoms with Gasteiger partial charge in [-0.25, -0.2) is 0 Å². The Morgan fingerprint density at radius 2 is 2.00 bits per heavy atom. The van der Waals surface area contributed by atoms with Crippen LogP contribution in [0.1, 0.15) is 51.0 Å². The number of benzene rings is 1. The van der Waals surface area contributed by atoms with Crippen LogP contribution in [0.3, 0.4) is 0 Å². The first-order valence-corrected chi connectivity index (χ1v) is 9.99. The maximum atomic E-state index is 13.2. The Morgan fingerprint density at radius 3 is 2.63 bits per heavy atom. The van der Waals surface area contributed by atoms with Gasteiger partial charge in [-0.1, -0.05) is 25.3 Å². The van der Waals surface area contributed by atoms with Gasteiger partial charge in [-0.2, -0.15) is 0 Å². The quantitative estimate of drug-likeness (QED) is 0.797. The highest BCUT2D eigenvalue weighted by Gasteiger charge is 2.34. The van der Waals surface area contributed by atoms with Crippen molar-refractivity contribution in [3.63, 3.8) is 0 Å². The van der Waals surface area contributed by atoms with E-state index in [-0.39, 0.29) is 23.8 Å². The summed E-state index contributed by atoms with van der Waals surface area (Å²) in [5.74, 6) is 1.21. The minimum atomic E-state index is -0.246. The predicted molar refractivity (Wildman–Crippen MR) is 103 cm³/mol. The van der Waals surface area contributed by atoms with Gasteiger partial charge in [0.2, 0.25) is 11.8 Å². The van der Waals surface area contributed by atoms with Crippen LogP contribution in [0, 0.1) is 5.92 Å². The van der Waals surface area contributed by atoms with E-state index in [4.69, 9.17) is 9.47 Å². The largest absolute Gasteiger partial charge is 0.493 e. The molecule has 3 rings (SSSR count). The average Bonchev–Trinajstić information content (AvgIpc) is 3.13. The van der Waals surface area contributed by atoms with Gasteiger partial charge in [0.1, 0.15) is 0 Å². The normalized spacial score (nSPS) is 20.2. The third kappa shape index (κ3) is 4.73. The molecule has 0 bridgehead atoms. The second-order valence-electron chi connectivity index (χ2n) is 7.38. The van der Waals surface area contributed by atoms with Crippen molar-refractivity contribution in [2.75, 3.05) is 20.3 Å². The van der Waals surface area contributed by atoms with E-state index in [1.54, 1.807) is 7.11 Å². The van der Waals surface area contributed by atoms with Crippen molar-refractivity contribution in [1.82, 2.24) is 10.2 Å². The number of carbonyl (C=O) groups is 2. The van der Waals surface area contributed by atoms with Gasteiger partial charge in [0, 0.05) is 25.6 Å². The van der Waals surface area contributed by atoms with Crippen molar-refractivity contribution < 1.29 is 19.1 Å². The van der Waals surface area contributed by atoms with Gasteiger partial charge in [0.15, 0.2) is 11.5 Å². The summed E-state index contributed by atoms with van der Waals surface area (Å²) in [6.07, 6.45) is 5.92. The SMILES string of the molecule is CCOc1cc(CN(C(=O)C2CNC(=O)C2)C2CCCCC2)ccc1OC. The highest BCUT2D eigenvalue weighted by molar-refractivity contribution is 5.89. The Bertz CT molecular complexity index is 670. The summed E-state index contributed by atoms with van der Waals surface area (Å²) in [5, 5.41) is 2.79. The average molecular weight is 374 g/mol. The molecule has 0 radical (unpaired) electrons. The molecule has 1 heterocycles. The maximum Gasteiger partial charge on any atom is 0.228 e. The van der Waals surface area contributed by atoms with Crippen molar-refractivity contribution in [2.45, 2.75) is 58.0 Å². The molecule has 0 spiro atoms. The molecular weight excluding hydrogens is 344 g/mol. The smallest absolute Gasteiger partial charge is 0.228 e. The summed E-state index contributed by atoms with van der Waals surface area (Å²) >= 11 is 0. The molecule has 2 fully saturated rings. The van der Waals surface area contributed by atoms with Crippen LogP contribution >= 0.6 is 0 Å². The van der Waals surface area contributed by atoms with Gasteiger partial charge in [-0.3, -0.25) is 9.59 Å². The van der Waals surface area contributed by atoms with Gasteiger partial charge in [-0.15, -0.1) is 0 Å². The lowest BCUT2D eigenvalue weighted by atomic mass is 9.92. The number of hydrogen-bond donors (Lipinski definition) is 1. The number of ether oxygens (including phenoxy) is 2. The molecule has 1 saturated carbocycles. The lowest BCUT2D eigenvalue weighted by molar-refractivity contribution is -0.139. The molecule has 1 aromatic rings. The van der Waals surface area contributed by atoms with Crippen LogP contribution in [-0.4, -0.2) is 43.0 Å². The molecule has 1 aliphatic heterocycles. The Balaban J connectivity index is 1.81. The molecule has 1 aliphatic carbocycles. The van der Waals surface area contributed by atoms with Crippen LogP contribution in [-0.2, 0) is 16.1 Å². The molecule has 6 heteroatoms. The molecule has 148 valence electrons. The van der Waals surface area contributed by atoms with E-state index in [1.165, 1.54) is 6.42 Å². The first-order valence-electron chi connectivity index (χ1n) is 9.99. The molecular formula is C21H30N2O4. The first kappa shape index (κ1) is 19.5. The van der Waals surface area contributed by atoms with Crippen LogP contribution in [0.2, 0.25) is 0 Å². The number of nitrogens with one attached hydrogen (secondary N) is 1. The minimum Gasteiger partial charge on any atom is -0.493 e. The monoisotopic (exact) mass is 374 g/mol. The molecule has 0 aromatic heterocycles. The number of hydrogen-bond acceptors (Lipinski definition) is 4. The van der Waals surface area contributed by atoms with Crippen LogP contribution in [0.15, 0.2) is 18.2 Å². The van der Waals surface area contributed by atoms with Crippen molar-refractivity contribution >= 4 is 11.8 Å². The zero-order valence-corrected chi connectivity index (χ0v) is 16.3. The Kier molecular flexibility index (Phi) is 6.58. The molecule has 1 unspecified atom stereocenters. The van der Waals surface area contributed by atoms with E-state index in [0.29, 0.717) is 37.6 Å². The van der Waals surface area contributed by atoms with Crippen molar-refractivity contribution in [1.29, 1.82) is 0 Å². The third-order valence-corrected chi connectivity index (χ3v) is 5.51. The fraction of sp³-hybridized carbons (Fsp3) is 0.619. The fourth-order valence-electron chi connectivity index (χ4n) is 4.08. The van der Waals surface area contributed by atoms with Crippen molar-refractivity contribution in [3.05, 3.63) is 23.8 Å². The number of rotatable bonds is 7. The number of carbonyl (C=O) groups excluding carboxylic acids is 2. The fourth-order valence-corrected chi connectivity index (χ4v) is 4.08. The molecule has 6 nitrogen and oxygen atoms in total. The van der Waals surface area contributed by atoms with E-state index < -0.39 is 0 Å². The van der Waals surface area contributed by atoms with Gasteiger partial charge >= 0.3 is 0 Å². The topological polar surface area (TPSA) is 67.9 Å². The van der Waals surface area contributed by atoms with E-state index in [1.807, 2.05) is 30.0 Å². The Morgan fingerprint density at radius 1 is 1.22 bits per heavy atom. The Labute approximate surface area is 161 Å². The zero-order valence-electron chi connectivity index (χ0n) is 16.3. The highest BCUT2D eigenvalue weighted by atomic mass is 16.5. The summed E-state index contributed by atoms with van der Waals surface area (Å²) in [6.45, 7) is 3.49. The van der Waals surface area contributed by atoms with E-state index in [2.05, 4.69) is 5.32 Å². The molecule has 2 amide bonds. The lowest BCUT2D eigenvalue weighted by Crippen LogP contribution is -2.44. The van der Waals surface area contributed by atoms with Gasteiger partial charge in [0.05, 0.1) is 19.6 Å². The second kappa shape index (κ2) is 9.11. The summed E-state index contributed by atoms with van der Waals surface area (Å²) in [4.78, 5) is 26.8. The van der Waals surface area contributed by atoms with Crippen LogP contribution in [0.5, 0.6) is 11.5 Å². The number of methoxy groups -OCH3 is 1. The van der Waals surface area contributed by atoms with Crippen molar-refractivity contribution in [3.8, 4) is 11.5 Å².